The summed E-state index contributed by atoms with van der Waals surface area (Å²) in [7, 11) is 3.10. The topological polar surface area (TPSA) is 93.5 Å². The average Bonchev–Trinajstić information content (AvgIpc) is 3.50. The first-order valence-electron chi connectivity index (χ1n) is 9.13. The zero-order valence-corrected chi connectivity index (χ0v) is 16.2. The molecule has 0 saturated heterocycles. The Bertz CT molecular complexity index is 950. The first kappa shape index (κ1) is 19.5. The van der Waals surface area contributed by atoms with Crippen molar-refractivity contribution >= 4 is 18.0 Å². The fourth-order valence-corrected chi connectivity index (χ4v) is 3.10. The number of aldehydes is 1. The molecule has 28 heavy (non-hydrogen) atoms. The second-order valence-corrected chi connectivity index (χ2v) is 6.63. The van der Waals surface area contributed by atoms with Gasteiger partial charge in [0.05, 0.1) is 18.4 Å². The summed E-state index contributed by atoms with van der Waals surface area (Å²) < 4.78 is 5.38. The van der Waals surface area contributed by atoms with E-state index in [1.54, 1.807) is 13.2 Å². The van der Waals surface area contributed by atoms with Crippen molar-refractivity contribution in [2.45, 2.75) is 32.1 Å². The molecule has 2 unspecified atom stereocenters. The summed E-state index contributed by atoms with van der Waals surface area (Å²) in [5.41, 5.74) is 2.95. The highest BCUT2D eigenvalue weighted by atomic mass is 16.5. The van der Waals surface area contributed by atoms with Crippen molar-refractivity contribution in [1.29, 1.82) is 0 Å². The molecule has 2 amide bonds. The number of aromatic nitrogens is 2. The minimum atomic E-state index is -0.607. The number of hydrogen-bond acceptors (Lipinski definition) is 5. The van der Waals surface area contributed by atoms with Crippen LogP contribution in [0.4, 0.5) is 4.79 Å². The monoisotopic (exact) mass is 378 g/mol. The number of methoxy groups -OCH3 is 1. The predicted octanol–water partition coefficient (Wildman–Crippen LogP) is 2.47. The van der Waals surface area contributed by atoms with E-state index in [4.69, 9.17) is 4.74 Å². The van der Waals surface area contributed by atoms with Crippen LogP contribution in [0.25, 0.3) is 0 Å². The average molecular weight is 378 g/mol. The van der Waals surface area contributed by atoms with Crippen LogP contribution in [0.3, 0.4) is 0 Å². The molecule has 1 aromatic rings. The Morgan fingerprint density at radius 2 is 2.14 bits per heavy atom. The molecule has 144 valence electrons. The van der Waals surface area contributed by atoms with E-state index in [0.717, 1.165) is 41.9 Å². The molecule has 0 aliphatic heterocycles. The number of aryl methyl sites for hydroxylation is 1. The first-order valence-corrected chi connectivity index (χ1v) is 9.13. The Hall–Kier alpha value is -3.27. The maximum Gasteiger partial charge on any atom is 0.341 e. The van der Waals surface area contributed by atoms with Gasteiger partial charge in [-0.25, -0.2) is 4.79 Å². The van der Waals surface area contributed by atoms with E-state index in [0.29, 0.717) is 6.29 Å². The van der Waals surface area contributed by atoms with Crippen molar-refractivity contribution in [3.8, 4) is 11.8 Å². The van der Waals surface area contributed by atoms with Crippen LogP contribution in [0.15, 0.2) is 34.5 Å². The van der Waals surface area contributed by atoms with Gasteiger partial charge in [-0.15, -0.1) is 5.10 Å². The van der Waals surface area contributed by atoms with E-state index < -0.39 is 6.03 Å². The third kappa shape index (κ3) is 4.34. The number of ether oxygens (including phenoxy) is 1. The van der Waals surface area contributed by atoms with Gasteiger partial charge < -0.3 is 10.1 Å². The summed E-state index contributed by atoms with van der Waals surface area (Å²) in [6, 6.07) is 1.18. The number of carbonyl (C=O) groups is 2. The van der Waals surface area contributed by atoms with Crippen LogP contribution in [0.1, 0.15) is 42.1 Å². The lowest BCUT2D eigenvalue weighted by Crippen LogP contribution is -2.18. The molecule has 1 N–H and O–H groups in total. The zero-order valence-electron chi connectivity index (χ0n) is 16.2. The Morgan fingerprint density at radius 3 is 2.86 bits per heavy atom. The van der Waals surface area contributed by atoms with Gasteiger partial charge in [-0.1, -0.05) is 17.9 Å². The summed E-state index contributed by atoms with van der Waals surface area (Å²) in [4.78, 5) is 26.5. The molecule has 1 heterocycles. The van der Waals surface area contributed by atoms with Crippen molar-refractivity contribution in [2.75, 3.05) is 14.2 Å². The Labute approximate surface area is 164 Å². The summed E-state index contributed by atoms with van der Waals surface area (Å²) in [6.07, 6.45) is 7.54. The number of carbonyl (C=O) groups excluding carboxylic acids is 2. The molecule has 0 bridgehead atoms. The Morgan fingerprint density at radius 1 is 1.36 bits per heavy atom. The van der Waals surface area contributed by atoms with Crippen molar-refractivity contribution < 1.29 is 14.3 Å². The summed E-state index contributed by atoms with van der Waals surface area (Å²) >= 11 is 0. The zero-order chi connectivity index (χ0) is 20.1. The Balaban J connectivity index is 1.79. The molecule has 7 heteroatoms. The second kappa shape index (κ2) is 8.61. The molecule has 0 spiro atoms. The van der Waals surface area contributed by atoms with E-state index in [1.807, 2.05) is 6.92 Å². The minimum absolute atomic E-state index is 0.0429. The molecule has 7 nitrogen and oxygen atoms in total. The normalized spacial score (nSPS) is 20.9. The first-order chi connectivity index (χ1) is 13.6. The maximum absolute atomic E-state index is 11.4. The molecule has 1 saturated carbocycles. The van der Waals surface area contributed by atoms with Gasteiger partial charge >= 0.3 is 6.03 Å². The summed E-state index contributed by atoms with van der Waals surface area (Å²) in [5.74, 6) is 7.83. The predicted molar refractivity (Wildman–Crippen MR) is 105 cm³/mol. The molecular weight excluding hydrogens is 356 g/mol. The maximum atomic E-state index is 11.4. The molecule has 2 atom stereocenters. The van der Waals surface area contributed by atoms with Crippen molar-refractivity contribution in [3.63, 3.8) is 0 Å². The fraction of sp³-hybridized carbons (Fsp3) is 0.381. The van der Waals surface area contributed by atoms with Gasteiger partial charge in [-0.05, 0) is 43.9 Å². The fourth-order valence-electron chi connectivity index (χ4n) is 3.10. The minimum Gasteiger partial charge on any atom is -0.496 e. The lowest BCUT2D eigenvalue weighted by molar-refractivity contribution is -0.102. The van der Waals surface area contributed by atoms with Crippen molar-refractivity contribution in [1.82, 2.24) is 15.5 Å². The molecule has 2 aliphatic rings. The van der Waals surface area contributed by atoms with E-state index in [-0.39, 0.29) is 23.2 Å². The number of hydrogen-bond donors (Lipinski definition) is 1. The van der Waals surface area contributed by atoms with Crippen LogP contribution in [0, 0.1) is 24.7 Å². The van der Waals surface area contributed by atoms with Crippen LogP contribution >= 0.6 is 0 Å². The number of nitrogens with zero attached hydrogens (tertiary/aromatic N) is 3. The van der Waals surface area contributed by atoms with Gasteiger partial charge in [-0.3, -0.25) is 4.79 Å². The molecular formula is C21H22N4O3. The van der Waals surface area contributed by atoms with Gasteiger partial charge in [0.2, 0.25) is 0 Å². The van der Waals surface area contributed by atoms with Crippen LogP contribution in [-0.2, 0) is 9.53 Å². The molecule has 0 aromatic carbocycles. The SMILES string of the molecule is CNC(=O)N=C(C=O)c1cc(C2CC2C#CC2=CCCC=C2OC)c(C)nn1. The van der Waals surface area contributed by atoms with Crippen LogP contribution < -0.4 is 5.32 Å². The number of rotatable bonds is 4. The van der Waals surface area contributed by atoms with Crippen LogP contribution in [-0.4, -0.2) is 42.4 Å². The van der Waals surface area contributed by atoms with Crippen LogP contribution in [0.2, 0.25) is 0 Å². The summed E-state index contributed by atoms with van der Waals surface area (Å²) in [6.45, 7) is 1.88. The van der Waals surface area contributed by atoms with Gasteiger partial charge in [0.15, 0.2) is 6.29 Å². The number of allylic oxidation sites excluding steroid dienone is 3. The van der Waals surface area contributed by atoms with Gasteiger partial charge in [-0.2, -0.15) is 10.1 Å². The quantitative estimate of drug-likeness (QED) is 0.493. The smallest absolute Gasteiger partial charge is 0.341 e. The number of urea groups is 1. The molecule has 2 aliphatic carbocycles. The highest BCUT2D eigenvalue weighted by Gasteiger charge is 2.39. The highest BCUT2D eigenvalue weighted by molar-refractivity contribution is 6.37. The van der Waals surface area contributed by atoms with Crippen molar-refractivity contribution in [3.05, 3.63) is 46.5 Å². The van der Waals surface area contributed by atoms with Gasteiger partial charge in [0, 0.05) is 18.9 Å². The van der Waals surface area contributed by atoms with E-state index >= 15 is 0 Å². The largest absolute Gasteiger partial charge is 0.496 e. The number of amides is 2. The van der Waals surface area contributed by atoms with Gasteiger partial charge in [0.1, 0.15) is 17.2 Å². The number of aliphatic imine (C=N–C) groups is 1. The molecule has 1 fully saturated rings. The third-order valence-electron chi connectivity index (χ3n) is 4.74. The van der Waals surface area contributed by atoms with E-state index in [2.05, 4.69) is 44.5 Å². The highest BCUT2D eigenvalue weighted by Crippen LogP contribution is 2.48. The second-order valence-electron chi connectivity index (χ2n) is 6.63. The van der Waals surface area contributed by atoms with Crippen LogP contribution in [0.5, 0.6) is 0 Å². The van der Waals surface area contributed by atoms with Gasteiger partial charge in [0.25, 0.3) is 0 Å². The molecule has 1 aromatic heterocycles. The number of nitrogens with one attached hydrogen (secondary N) is 1. The Kier molecular flexibility index (Phi) is 5.99. The standard InChI is InChI=1S/C21H22N4O3/c1-13-16(11-18(25-24-13)19(12-26)23-21(27)22-2)17-10-15(17)9-8-14-6-4-5-7-20(14)28-3/h6-7,11-12,15,17H,4-5,10H2,1-3H3,(H,22,27). The molecule has 0 radical (unpaired) electrons. The lowest BCUT2D eigenvalue weighted by atomic mass is 10.0. The van der Waals surface area contributed by atoms with E-state index in [9.17, 15) is 9.59 Å². The van der Waals surface area contributed by atoms with Crippen molar-refractivity contribution in [2.24, 2.45) is 10.9 Å². The lowest BCUT2D eigenvalue weighted by Gasteiger charge is -2.09. The third-order valence-corrected chi connectivity index (χ3v) is 4.74. The summed E-state index contributed by atoms with van der Waals surface area (Å²) in [5, 5.41) is 10.5. The molecule has 3 rings (SSSR count). The van der Waals surface area contributed by atoms with E-state index in [1.165, 1.54) is 7.05 Å².